The molecule has 0 radical (unpaired) electrons. The first-order valence-corrected chi connectivity index (χ1v) is 18.7. The van der Waals surface area contributed by atoms with Crippen molar-refractivity contribution in [1.29, 1.82) is 0 Å². The van der Waals surface area contributed by atoms with E-state index in [2.05, 4.69) is 45.6 Å². The van der Waals surface area contributed by atoms with E-state index in [9.17, 15) is 14.7 Å². The lowest BCUT2D eigenvalue weighted by atomic mass is 9.50. The molecule has 4 heterocycles. The normalized spacial score (nSPS) is 38.4. The van der Waals surface area contributed by atoms with E-state index in [1.165, 1.54) is 31.3 Å². The fraction of sp³-hybridized carbons (Fsp3) is 0.737. The molecule has 0 amide bonds. The number of piperazine rings is 1. The number of ketones is 2. The minimum atomic E-state index is -1.47. The monoisotopic (exact) mass is 660 g/mol. The fourth-order valence-corrected chi connectivity index (χ4v) is 11.0. The number of anilines is 3. The molecule has 48 heavy (non-hydrogen) atoms. The largest absolute Gasteiger partial charge is 0.381 e. The van der Waals surface area contributed by atoms with Crippen LogP contribution in [0.25, 0.3) is 0 Å². The first-order valence-electron chi connectivity index (χ1n) is 18.7. The summed E-state index contributed by atoms with van der Waals surface area (Å²) in [5, 5.41) is 12.5. The molecule has 8 rings (SSSR count). The third-order valence-corrected chi connectivity index (χ3v) is 13.9. The number of nitrogens with zero attached hydrogens (tertiary/aromatic N) is 6. The number of carbonyl (C=O) groups is 2. The molecule has 0 bridgehead atoms. The van der Waals surface area contributed by atoms with E-state index in [1.807, 2.05) is 6.92 Å². The van der Waals surface area contributed by atoms with Crippen LogP contribution in [0.5, 0.6) is 0 Å². The van der Waals surface area contributed by atoms with E-state index in [1.54, 1.807) is 6.08 Å². The molecule has 1 aromatic rings. The lowest BCUT2D eigenvalue weighted by Crippen LogP contribution is -2.60. The van der Waals surface area contributed by atoms with E-state index in [0.717, 1.165) is 69.9 Å². The van der Waals surface area contributed by atoms with Gasteiger partial charge in [0.15, 0.2) is 11.6 Å². The Bertz CT molecular complexity index is 1490. The minimum absolute atomic E-state index is 0.0225. The van der Waals surface area contributed by atoms with Crippen LogP contribution in [0.1, 0.15) is 78.6 Å². The van der Waals surface area contributed by atoms with Gasteiger partial charge in [0.1, 0.15) is 23.4 Å². The van der Waals surface area contributed by atoms with Gasteiger partial charge in [-0.25, -0.2) is 4.39 Å². The van der Waals surface area contributed by atoms with Crippen LogP contribution in [0.3, 0.4) is 0 Å². The number of carbonyl (C=O) groups excluding carboxylic acids is 2. The third kappa shape index (κ3) is 4.97. The first kappa shape index (κ1) is 32.4. The molecule has 3 saturated heterocycles. The molecule has 1 N–H and O–H groups in total. The van der Waals surface area contributed by atoms with Gasteiger partial charge in [0.05, 0.1) is 6.54 Å². The van der Waals surface area contributed by atoms with E-state index in [0.29, 0.717) is 37.7 Å². The molecular weight excluding hydrogens is 607 g/mol. The highest BCUT2D eigenvalue weighted by Crippen LogP contribution is 2.67. The first-order chi connectivity index (χ1) is 23.0. The number of hydrogen-bond acceptors (Lipinski definition) is 9. The Labute approximate surface area is 284 Å². The zero-order chi connectivity index (χ0) is 33.4. The van der Waals surface area contributed by atoms with Crippen molar-refractivity contribution in [3.63, 3.8) is 0 Å². The van der Waals surface area contributed by atoms with E-state index < -0.39 is 22.6 Å². The maximum atomic E-state index is 15.8. The zero-order valence-corrected chi connectivity index (χ0v) is 29.1. The Hall–Kier alpha value is -2.85. The predicted molar refractivity (Wildman–Crippen MR) is 185 cm³/mol. The third-order valence-electron chi connectivity index (χ3n) is 13.9. The summed E-state index contributed by atoms with van der Waals surface area (Å²) in [5.41, 5.74) is -0.685. The van der Waals surface area contributed by atoms with Crippen molar-refractivity contribution < 1.29 is 19.1 Å². The SMILES string of the molecule is CC1C[C@H]2[C@@H]3C[C@H](F)C4=CC(=O)CC[C@]4(C)C3=CC[C@]2(C)[C@@]1(O)C(=O)CN1CCN(c2cc(N3CCCC3)nc(N3CCCC3)n2)CC1. The molecule has 10 heteroatoms. The Morgan fingerprint density at radius 3 is 2.21 bits per heavy atom. The van der Waals surface area contributed by atoms with Gasteiger partial charge < -0.3 is 19.8 Å². The lowest BCUT2D eigenvalue weighted by molar-refractivity contribution is -0.160. The summed E-state index contributed by atoms with van der Waals surface area (Å²) < 4.78 is 15.8. The van der Waals surface area contributed by atoms with Gasteiger partial charge in [0, 0.05) is 75.7 Å². The van der Waals surface area contributed by atoms with Crippen LogP contribution in [-0.2, 0) is 9.59 Å². The molecule has 9 nitrogen and oxygen atoms in total. The summed E-state index contributed by atoms with van der Waals surface area (Å²) in [6.45, 7) is 13.5. The van der Waals surface area contributed by atoms with Crippen molar-refractivity contribution in [3.8, 4) is 0 Å². The maximum Gasteiger partial charge on any atom is 0.229 e. The highest BCUT2D eigenvalue weighted by Gasteiger charge is 2.68. The van der Waals surface area contributed by atoms with Gasteiger partial charge in [-0.3, -0.25) is 14.5 Å². The highest BCUT2D eigenvalue weighted by atomic mass is 19.1. The van der Waals surface area contributed by atoms with Crippen molar-refractivity contribution in [2.75, 3.05) is 73.6 Å². The summed E-state index contributed by atoms with van der Waals surface area (Å²) in [6, 6.07) is 2.15. The molecular formula is C38H53FN6O3. The molecule has 4 aliphatic carbocycles. The van der Waals surface area contributed by atoms with Crippen LogP contribution in [0.4, 0.5) is 22.0 Å². The van der Waals surface area contributed by atoms with E-state index >= 15 is 4.39 Å². The number of allylic oxidation sites excluding steroid dienone is 4. The molecule has 260 valence electrons. The molecule has 2 saturated carbocycles. The van der Waals surface area contributed by atoms with Crippen LogP contribution in [0.2, 0.25) is 0 Å². The van der Waals surface area contributed by atoms with Crippen molar-refractivity contribution in [1.82, 2.24) is 14.9 Å². The molecule has 7 aliphatic rings. The van der Waals surface area contributed by atoms with Crippen LogP contribution >= 0.6 is 0 Å². The van der Waals surface area contributed by atoms with Gasteiger partial charge in [0.25, 0.3) is 0 Å². The Morgan fingerprint density at radius 2 is 1.54 bits per heavy atom. The van der Waals surface area contributed by atoms with Crippen molar-refractivity contribution in [2.45, 2.75) is 90.3 Å². The number of alkyl halides is 1. The van der Waals surface area contributed by atoms with Gasteiger partial charge in [0.2, 0.25) is 5.95 Å². The quantitative estimate of drug-likeness (QED) is 0.435. The van der Waals surface area contributed by atoms with Gasteiger partial charge in [-0.05, 0) is 80.8 Å². The van der Waals surface area contributed by atoms with Crippen LogP contribution in [0.15, 0.2) is 29.4 Å². The summed E-state index contributed by atoms with van der Waals surface area (Å²) in [7, 11) is 0. The Balaban J connectivity index is 0.975. The summed E-state index contributed by atoms with van der Waals surface area (Å²) in [4.78, 5) is 45.8. The van der Waals surface area contributed by atoms with Gasteiger partial charge in [-0.15, -0.1) is 0 Å². The molecule has 3 aliphatic heterocycles. The van der Waals surface area contributed by atoms with Crippen LogP contribution < -0.4 is 14.7 Å². The van der Waals surface area contributed by atoms with E-state index in [4.69, 9.17) is 9.97 Å². The Kier molecular flexibility index (Phi) is 8.02. The molecule has 7 atom stereocenters. The fourth-order valence-electron chi connectivity index (χ4n) is 11.0. The number of aromatic nitrogens is 2. The smallest absolute Gasteiger partial charge is 0.229 e. The average molecular weight is 661 g/mol. The molecule has 0 aromatic carbocycles. The topological polar surface area (TPSA) is 93.1 Å². The van der Waals surface area contributed by atoms with Crippen LogP contribution in [-0.4, -0.2) is 102 Å². The standard InChI is InChI=1S/C38H53FN6O3/c1-25-20-29-27-22-31(39)30-21-26(46)8-10-36(30,2)28(27)9-11-37(29,3)38(25,48)32(47)24-42-16-18-44(19-17-42)34-23-33(43-12-4-5-13-43)40-35(41-34)45-14-6-7-15-45/h9,21,23,25,27,29,31,48H,4-8,10-20,22,24H2,1-3H3/t25?,27-,29+,31+,36-,37+,38+/m1/s1. The number of Topliss-reactive ketones (excluding diaryl/α,β-unsaturated/α-hetero) is 1. The number of rotatable bonds is 6. The minimum Gasteiger partial charge on any atom is -0.381 e. The average Bonchev–Trinajstić information content (AvgIpc) is 3.85. The lowest BCUT2D eigenvalue weighted by Gasteiger charge is -2.55. The number of aliphatic hydroxyl groups is 1. The number of hydrogen-bond donors (Lipinski definition) is 1. The maximum absolute atomic E-state index is 15.8. The Morgan fingerprint density at radius 1 is 0.917 bits per heavy atom. The second-order valence-corrected chi connectivity index (χ2v) is 16.5. The second-order valence-electron chi connectivity index (χ2n) is 16.5. The van der Waals surface area contributed by atoms with E-state index in [-0.39, 0.29) is 35.9 Å². The van der Waals surface area contributed by atoms with Crippen molar-refractivity contribution >= 4 is 29.2 Å². The molecule has 1 unspecified atom stereocenters. The van der Waals surface area contributed by atoms with Crippen molar-refractivity contribution in [2.24, 2.45) is 28.6 Å². The molecule has 1 aromatic heterocycles. The van der Waals surface area contributed by atoms with Gasteiger partial charge in [-0.1, -0.05) is 32.4 Å². The summed E-state index contributed by atoms with van der Waals surface area (Å²) in [6.07, 6.45) is 10.1. The zero-order valence-electron chi connectivity index (χ0n) is 29.1. The second kappa shape index (κ2) is 11.9. The molecule has 5 fully saturated rings. The number of fused-ring (bicyclic) bond motifs is 5. The van der Waals surface area contributed by atoms with Crippen LogP contribution in [0, 0.1) is 28.6 Å². The highest BCUT2D eigenvalue weighted by molar-refractivity contribution is 5.92. The van der Waals surface area contributed by atoms with Gasteiger partial charge >= 0.3 is 0 Å². The summed E-state index contributed by atoms with van der Waals surface area (Å²) in [5.74, 6) is 2.56. The summed E-state index contributed by atoms with van der Waals surface area (Å²) >= 11 is 0. The molecule has 0 spiro atoms. The van der Waals surface area contributed by atoms with Gasteiger partial charge in [-0.2, -0.15) is 9.97 Å². The number of halogens is 1. The predicted octanol–water partition coefficient (Wildman–Crippen LogP) is 4.75. The van der Waals surface area contributed by atoms with Crippen molar-refractivity contribution in [3.05, 3.63) is 29.4 Å².